The van der Waals surface area contributed by atoms with Crippen LogP contribution >= 0.6 is 0 Å². The van der Waals surface area contributed by atoms with Crippen LogP contribution in [0.1, 0.15) is 16.7 Å². The average molecular weight is 463 g/mol. The summed E-state index contributed by atoms with van der Waals surface area (Å²) in [5, 5.41) is 0. The van der Waals surface area contributed by atoms with Crippen molar-refractivity contribution in [1.82, 2.24) is 0 Å². The van der Waals surface area contributed by atoms with Crippen molar-refractivity contribution in [2.24, 2.45) is 0 Å². The molecule has 6 nitrogen and oxygen atoms in total. The predicted octanol–water partition coefficient (Wildman–Crippen LogP) is 4.51. The Labute approximate surface area is 200 Å². The molecule has 2 bridgehead atoms. The Hall–Kier alpha value is -2.74. The topological polar surface area (TPSA) is 55.4 Å². The van der Waals surface area contributed by atoms with E-state index in [2.05, 4.69) is 0 Å². The molecule has 3 aromatic carbocycles. The van der Waals surface area contributed by atoms with Gasteiger partial charge in [0.25, 0.3) is 0 Å². The van der Waals surface area contributed by atoms with Crippen molar-refractivity contribution >= 4 is 0 Å². The number of rotatable bonds is 10. The van der Waals surface area contributed by atoms with E-state index >= 15 is 0 Å². The molecule has 34 heavy (non-hydrogen) atoms. The van der Waals surface area contributed by atoms with E-state index in [4.69, 9.17) is 28.4 Å². The van der Waals surface area contributed by atoms with Crippen LogP contribution in [0.15, 0.2) is 84.9 Å². The number of fused-ring (bicyclic) bond motifs is 2. The minimum Gasteiger partial charge on any atom is -0.497 e. The normalized spacial score (nSPS) is 25.9. The molecule has 0 unspecified atom stereocenters. The van der Waals surface area contributed by atoms with E-state index in [0.717, 1.165) is 22.4 Å². The molecule has 0 radical (unpaired) electrons. The van der Waals surface area contributed by atoms with Crippen LogP contribution in [0.4, 0.5) is 0 Å². The second kappa shape index (κ2) is 11.1. The molecule has 0 N–H and O–H groups in total. The third-order valence-electron chi connectivity index (χ3n) is 6.19. The van der Waals surface area contributed by atoms with Gasteiger partial charge >= 0.3 is 0 Å². The van der Waals surface area contributed by atoms with Crippen LogP contribution in [0.5, 0.6) is 5.75 Å². The molecule has 2 fully saturated rings. The van der Waals surface area contributed by atoms with E-state index in [1.165, 1.54) is 0 Å². The maximum atomic E-state index is 6.47. The Morgan fingerprint density at radius 2 is 1.18 bits per heavy atom. The van der Waals surface area contributed by atoms with E-state index in [1.54, 1.807) is 7.11 Å². The van der Waals surface area contributed by atoms with Gasteiger partial charge in [0, 0.05) is 0 Å². The molecule has 2 aliphatic heterocycles. The number of ether oxygens (including phenoxy) is 6. The molecule has 0 amide bonds. The van der Waals surface area contributed by atoms with Gasteiger partial charge in [-0.3, -0.25) is 0 Å². The highest BCUT2D eigenvalue weighted by molar-refractivity contribution is 5.26. The molecule has 2 aliphatic rings. The zero-order chi connectivity index (χ0) is 23.2. The van der Waals surface area contributed by atoms with Gasteiger partial charge in [0.15, 0.2) is 6.29 Å². The van der Waals surface area contributed by atoms with Crippen LogP contribution in [0, 0.1) is 0 Å². The lowest BCUT2D eigenvalue weighted by Crippen LogP contribution is -2.56. The molecule has 0 aliphatic carbocycles. The first kappa shape index (κ1) is 23.0. The SMILES string of the molecule is COc1ccc(CO[C@@H]2[C@H](OCc3ccccc3)[C@H]3OC[C@@H](O3)[C@H]2OCc2ccccc2)cc1. The van der Waals surface area contributed by atoms with Crippen LogP contribution in [0.2, 0.25) is 0 Å². The smallest absolute Gasteiger partial charge is 0.187 e. The quantitative estimate of drug-likeness (QED) is 0.442. The summed E-state index contributed by atoms with van der Waals surface area (Å²) in [7, 11) is 1.66. The Morgan fingerprint density at radius 1 is 0.647 bits per heavy atom. The molecule has 5 rings (SSSR count). The molecule has 178 valence electrons. The summed E-state index contributed by atoms with van der Waals surface area (Å²) in [6.45, 7) is 1.78. The zero-order valence-electron chi connectivity index (χ0n) is 19.2. The van der Waals surface area contributed by atoms with Crippen LogP contribution < -0.4 is 4.74 Å². The van der Waals surface area contributed by atoms with Crippen molar-refractivity contribution < 1.29 is 28.4 Å². The van der Waals surface area contributed by atoms with Gasteiger partial charge in [0.1, 0.15) is 30.2 Å². The summed E-state index contributed by atoms with van der Waals surface area (Å²) in [6.07, 6.45) is -1.77. The lowest BCUT2D eigenvalue weighted by Gasteiger charge is -2.40. The first-order valence-electron chi connectivity index (χ1n) is 11.6. The van der Waals surface area contributed by atoms with Gasteiger partial charge in [0.05, 0.1) is 33.5 Å². The van der Waals surface area contributed by atoms with Crippen LogP contribution in [0.3, 0.4) is 0 Å². The number of hydrogen-bond acceptors (Lipinski definition) is 6. The monoisotopic (exact) mass is 462 g/mol. The molecule has 2 heterocycles. The van der Waals surface area contributed by atoms with Crippen LogP contribution in [-0.2, 0) is 43.5 Å². The van der Waals surface area contributed by atoms with Gasteiger partial charge in [0.2, 0.25) is 0 Å². The van der Waals surface area contributed by atoms with Crippen molar-refractivity contribution in [3.63, 3.8) is 0 Å². The van der Waals surface area contributed by atoms with Crippen molar-refractivity contribution in [3.05, 3.63) is 102 Å². The molecule has 0 aromatic heterocycles. The number of hydrogen-bond donors (Lipinski definition) is 0. The van der Waals surface area contributed by atoms with Crippen molar-refractivity contribution in [1.29, 1.82) is 0 Å². The second-order valence-corrected chi connectivity index (χ2v) is 8.52. The highest BCUT2D eigenvalue weighted by atomic mass is 16.8. The van der Waals surface area contributed by atoms with Gasteiger partial charge in [-0.15, -0.1) is 0 Å². The molecule has 5 atom stereocenters. The second-order valence-electron chi connectivity index (χ2n) is 8.52. The van der Waals surface area contributed by atoms with E-state index in [0.29, 0.717) is 26.4 Å². The molecule has 0 saturated carbocycles. The molecule has 6 heteroatoms. The maximum Gasteiger partial charge on any atom is 0.187 e. The van der Waals surface area contributed by atoms with Crippen molar-refractivity contribution in [3.8, 4) is 5.75 Å². The van der Waals surface area contributed by atoms with Gasteiger partial charge in [-0.05, 0) is 28.8 Å². The Balaban J connectivity index is 1.33. The highest BCUT2D eigenvalue weighted by Crippen LogP contribution is 2.35. The summed E-state index contributed by atoms with van der Waals surface area (Å²) in [6, 6.07) is 28.1. The summed E-state index contributed by atoms with van der Waals surface area (Å²) >= 11 is 0. The van der Waals surface area contributed by atoms with Gasteiger partial charge in [-0.25, -0.2) is 0 Å². The largest absolute Gasteiger partial charge is 0.497 e. The van der Waals surface area contributed by atoms with Gasteiger partial charge < -0.3 is 28.4 Å². The summed E-state index contributed by atoms with van der Waals surface area (Å²) in [4.78, 5) is 0. The lowest BCUT2D eigenvalue weighted by atomic mass is 10.00. The zero-order valence-corrected chi connectivity index (χ0v) is 19.2. The van der Waals surface area contributed by atoms with Crippen LogP contribution in [0.25, 0.3) is 0 Å². The fraction of sp³-hybridized carbons (Fsp3) is 0.357. The first-order valence-corrected chi connectivity index (χ1v) is 11.6. The third-order valence-corrected chi connectivity index (χ3v) is 6.19. The standard InChI is InChI=1S/C28H30O6/c1-29-23-14-12-22(13-15-23)18-31-26-25(30-16-20-8-4-2-5-9-20)24-19-33-28(34-24)27(26)32-17-21-10-6-3-7-11-21/h2-15,24-28H,16-19H2,1H3/t24-,25-,26+,27+,28+/m1/s1. The Kier molecular flexibility index (Phi) is 7.53. The van der Waals surface area contributed by atoms with E-state index in [9.17, 15) is 0 Å². The van der Waals surface area contributed by atoms with E-state index in [-0.39, 0.29) is 18.3 Å². The molecular formula is C28H30O6. The number of methoxy groups -OCH3 is 1. The molecule has 0 spiro atoms. The molecule has 2 saturated heterocycles. The van der Waals surface area contributed by atoms with E-state index < -0.39 is 12.4 Å². The van der Waals surface area contributed by atoms with Gasteiger partial charge in [-0.1, -0.05) is 72.8 Å². The predicted molar refractivity (Wildman–Crippen MR) is 126 cm³/mol. The maximum absolute atomic E-state index is 6.47. The Bertz CT molecular complexity index is 953. The van der Waals surface area contributed by atoms with Crippen molar-refractivity contribution in [2.75, 3.05) is 13.7 Å². The van der Waals surface area contributed by atoms with Crippen LogP contribution in [-0.4, -0.2) is 44.4 Å². The molecular weight excluding hydrogens is 432 g/mol. The van der Waals surface area contributed by atoms with Crippen molar-refractivity contribution in [2.45, 2.75) is 50.5 Å². The minimum atomic E-state index is -0.480. The Morgan fingerprint density at radius 3 is 1.76 bits per heavy atom. The summed E-state index contributed by atoms with van der Waals surface area (Å²) < 4.78 is 36.6. The third kappa shape index (κ3) is 5.49. The van der Waals surface area contributed by atoms with Gasteiger partial charge in [-0.2, -0.15) is 0 Å². The molecule has 3 aromatic rings. The summed E-state index contributed by atoms with van der Waals surface area (Å²) in [5.41, 5.74) is 3.22. The number of benzene rings is 3. The average Bonchev–Trinajstić information content (AvgIpc) is 3.33. The highest BCUT2D eigenvalue weighted by Gasteiger charge is 2.52. The summed E-state index contributed by atoms with van der Waals surface area (Å²) in [5.74, 6) is 0.814. The fourth-order valence-corrected chi connectivity index (χ4v) is 4.35. The first-order chi connectivity index (χ1) is 16.8. The minimum absolute atomic E-state index is 0.203. The van der Waals surface area contributed by atoms with E-state index in [1.807, 2.05) is 84.9 Å². The lowest BCUT2D eigenvalue weighted by molar-refractivity contribution is -0.268. The fourth-order valence-electron chi connectivity index (χ4n) is 4.35.